The molecular weight excluding hydrogens is 294 g/mol. The van der Waals surface area contributed by atoms with Crippen LogP contribution in [0.5, 0.6) is 11.5 Å². The van der Waals surface area contributed by atoms with Gasteiger partial charge in [-0.3, -0.25) is 0 Å². The second-order valence-electron chi connectivity index (χ2n) is 5.02. The number of benzene rings is 1. The number of hydrogen-bond acceptors (Lipinski definition) is 5. The van der Waals surface area contributed by atoms with Gasteiger partial charge in [0.1, 0.15) is 11.5 Å². The fourth-order valence-corrected chi connectivity index (χ4v) is 2.55. The third-order valence-corrected chi connectivity index (χ3v) is 3.64. The van der Waals surface area contributed by atoms with E-state index in [0.29, 0.717) is 23.9 Å². The number of methoxy groups -OCH3 is 2. The average molecular weight is 313 g/mol. The summed E-state index contributed by atoms with van der Waals surface area (Å²) in [6.45, 7) is 0.501. The van der Waals surface area contributed by atoms with Crippen LogP contribution in [0.2, 0.25) is 0 Å². The van der Waals surface area contributed by atoms with Crippen molar-refractivity contribution in [1.82, 2.24) is 9.97 Å². The van der Waals surface area contributed by atoms with Gasteiger partial charge in [0.2, 0.25) is 0 Å². The van der Waals surface area contributed by atoms with E-state index in [9.17, 15) is 0 Å². The van der Waals surface area contributed by atoms with E-state index in [0.717, 1.165) is 22.2 Å². The number of nitrogens with zero attached hydrogens (tertiary/aromatic N) is 1. The zero-order valence-corrected chi connectivity index (χ0v) is 13.1. The maximum atomic E-state index is 8.98. The number of rotatable bonds is 6. The van der Waals surface area contributed by atoms with Crippen molar-refractivity contribution >= 4 is 16.9 Å². The SMILES string of the molecule is COc1ccc(-c2cc(NCCO)nc3[nH]ccc23)cc1OC. The lowest BCUT2D eigenvalue weighted by molar-refractivity contribution is 0.311. The second kappa shape index (κ2) is 6.58. The van der Waals surface area contributed by atoms with E-state index in [1.165, 1.54) is 0 Å². The summed E-state index contributed by atoms with van der Waals surface area (Å²) in [6.07, 6.45) is 1.86. The van der Waals surface area contributed by atoms with Crippen molar-refractivity contribution in [1.29, 1.82) is 0 Å². The minimum absolute atomic E-state index is 0.0517. The summed E-state index contributed by atoms with van der Waals surface area (Å²) < 4.78 is 10.7. The van der Waals surface area contributed by atoms with E-state index in [1.807, 2.05) is 36.5 Å². The third kappa shape index (κ3) is 2.93. The van der Waals surface area contributed by atoms with Crippen LogP contribution in [0, 0.1) is 0 Å². The number of aromatic amines is 1. The lowest BCUT2D eigenvalue weighted by atomic mass is 10.0. The number of fused-ring (bicyclic) bond motifs is 1. The van der Waals surface area contributed by atoms with Crippen LogP contribution < -0.4 is 14.8 Å². The number of pyridine rings is 1. The van der Waals surface area contributed by atoms with E-state index in [-0.39, 0.29) is 6.61 Å². The smallest absolute Gasteiger partial charge is 0.161 e. The third-order valence-electron chi connectivity index (χ3n) is 3.64. The molecule has 3 aromatic rings. The van der Waals surface area contributed by atoms with Crippen LogP contribution in [0.3, 0.4) is 0 Å². The van der Waals surface area contributed by atoms with Crippen LogP contribution in [0.25, 0.3) is 22.2 Å². The first-order chi connectivity index (χ1) is 11.3. The second-order valence-corrected chi connectivity index (χ2v) is 5.02. The van der Waals surface area contributed by atoms with Gasteiger partial charge >= 0.3 is 0 Å². The zero-order chi connectivity index (χ0) is 16.2. The molecule has 120 valence electrons. The standard InChI is InChI=1S/C17H19N3O3/c1-22-14-4-3-11(9-15(14)23-2)13-10-16(18-7-8-21)20-17-12(13)5-6-19-17/h3-6,9-10,21H,7-8H2,1-2H3,(H2,18,19,20). The van der Waals surface area contributed by atoms with Crippen molar-refractivity contribution in [2.75, 3.05) is 32.7 Å². The first-order valence-corrected chi connectivity index (χ1v) is 7.32. The largest absolute Gasteiger partial charge is 0.493 e. The van der Waals surface area contributed by atoms with E-state index in [4.69, 9.17) is 14.6 Å². The molecule has 3 rings (SSSR count). The Morgan fingerprint density at radius 2 is 1.96 bits per heavy atom. The van der Waals surface area contributed by atoms with Crippen molar-refractivity contribution in [3.05, 3.63) is 36.5 Å². The molecule has 0 atom stereocenters. The van der Waals surface area contributed by atoms with Gasteiger partial charge in [0.15, 0.2) is 11.5 Å². The first kappa shape index (κ1) is 15.2. The fourth-order valence-electron chi connectivity index (χ4n) is 2.55. The predicted octanol–water partition coefficient (Wildman–Crippen LogP) is 2.65. The molecule has 1 aromatic carbocycles. The maximum absolute atomic E-state index is 8.98. The molecule has 0 bridgehead atoms. The summed E-state index contributed by atoms with van der Waals surface area (Å²) in [7, 11) is 3.24. The molecule has 0 saturated carbocycles. The quantitative estimate of drug-likeness (QED) is 0.652. The Bertz CT molecular complexity index is 814. The summed E-state index contributed by atoms with van der Waals surface area (Å²) in [5, 5.41) is 13.1. The topological polar surface area (TPSA) is 79.4 Å². The van der Waals surface area contributed by atoms with Crippen molar-refractivity contribution < 1.29 is 14.6 Å². The lowest BCUT2D eigenvalue weighted by Gasteiger charge is -2.12. The Balaban J connectivity index is 2.12. The van der Waals surface area contributed by atoms with Crippen LogP contribution >= 0.6 is 0 Å². The Morgan fingerprint density at radius 3 is 2.70 bits per heavy atom. The van der Waals surface area contributed by atoms with Gasteiger partial charge in [-0.2, -0.15) is 0 Å². The number of hydrogen-bond donors (Lipinski definition) is 3. The van der Waals surface area contributed by atoms with E-state index in [2.05, 4.69) is 15.3 Å². The predicted molar refractivity (Wildman–Crippen MR) is 90.2 cm³/mol. The Hall–Kier alpha value is -2.73. The fraction of sp³-hybridized carbons (Fsp3) is 0.235. The van der Waals surface area contributed by atoms with Gasteiger partial charge < -0.3 is 24.9 Å². The van der Waals surface area contributed by atoms with Crippen LogP contribution in [0.1, 0.15) is 0 Å². The van der Waals surface area contributed by atoms with Gasteiger partial charge in [0.05, 0.1) is 20.8 Å². The minimum Gasteiger partial charge on any atom is -0.493 e. The Labute approximate surface area is 134 Å². The average Bonchev–Trinajstić information content (AvgIpc) is 3.07. The molecule has 23 heavy (non-hydrogen) atoms. The van der Waals surface area contributed by atoms with Gasteiger partial charge in [-0.05, 0) is 35.4 Å². The molecule has 3 N–H and O–H groups in total. The van der Waals surface area contributed by atoms with Gasteiger partial charge in [-0.25, -0.2) is 4.98 Å². The highest BCUT2D eigenvalue weighted by molar-refractivity contribution is 5.95. The van der Waals surface area contributed by atoms with Gasteiger partial charge in [-0.15, -0.1) is 0 Å². The Morgan fingerprint density at radius 1 is 1.13 bits per heavy atom. The molecule has 2 heterocycles. The van der Waals surface area contributed by atoms with Crippen molar-refractivity contribution in [3.8, 4) is 22.6 Å². The van der Waals surface area contributed by atoms with Crippen LogP contribution in [0.15, 0.2) is 36.5 Å². The highest BCUT2D eigenvalue weighted by Gasteiger charge is 2.12. The molecule has 0 aliphatic carbocycles. The maximum Gasteiger partial charge on any atom is 0.161 e. The number of H-pyrrole nitrogens is 1. The van der Waals surface area contributed by atoms with E-state index >= 15 is 0 Å². The van der Waals surface area contributed by atoms with Crippen LogP contribution in [-0.4, -0.2) is 42.4 Å². The number of ether oxygens (including phenoxy) is 2. The Kier molecular flexibility index (Phi) is 4.34. The minimum atomic E-state index is 0.0517. The molecule has 0 radical (unpaired) electrons. The number of anilines is 1. The van der Waals surface area contributed by atoms with E-state index < -0.39 is 0 Å². The monoisotopic (exact) mass is 313 g/mol. The summed E-state index contributed by atoms with van der Waals surface area (Å²) in [5.41, 5.74) is 2.82. The molecule has 0 fully saturated rings. The highest BCUT2D eigenvalue weighted by atomic mass is 16.5. The molecule has 6 nitrogen and oxygen atoms in total. The molecule has 0 aliphatic rings. The molecule has 0 spiro atoms. The summed E-state index contributed by atoms with van der Waals surface area (Å²) in [5.74, 6) is 2.07. The summed E-state index contributed by atoms with van der Waals surface area (Å²) >= 11 is 0. The molecular formula is C17H19N3O3. The number of aromatic nitrogens is 2. The lowest BCUT2D eigenvalue weighted by Crippen LogP contribution is -2.07. The number of nitrogens with one attached hydrogen (secondary N) is 2. The zero-order valence-electron chi connectivity index (χ0n) is 13.1. The van der Waals surface area contributed by atoms with Crippen molar-refractivity contribution in [2.45, 2.75) is 0 Å². The molecule has 2 aromatic heterocycles. The molecule has 0 aliphatic heterocycles. The highest BCUT2D eigenvalue weighted by Crippen LogP contribution is 2.35. The summed E-state index contributed by atoms with van der Waals surface area (Å²) in [6, 6.07) is 9.76. The molecule has 6 heteroatoms. The van der Waals surface area contributed by atoms with Crippen LogP contribution in [-0.2, 0) is 0 Å². The van der Waals surface area contributed by atoms with Crippen molar-refractivity contribution in [2.24, 2.45) is 0 Å². The van der Waals surface area contributed by atoms with Gasteiger partial charge in [0, 0.05) is 18.1 Å². The van der Waals surface area contributed by atoms with E-state index in [1.54, 1.807) is 14.2 Å². The van der Waals surface area contributed by atoms with Crippen molar-refractivity contribution in [3.63, 3.8) is 0 Å². The number of aliphatic hydroxyl groups excluding tert-OH is 1. The van der Waals surface area contributed by atoms with Gasteiger partial charge in [-0.1, -0.05) is 6.07 Å². The van der Waals surface area contributed by atoms with Crippen LogP contribution in [0.4, 0.5) is 5.82 Å². The van der Waals surface area contributed by atoms with Gasteiger partial charge in [0.25, 0.3) is 0 Å². The normalized spacial score (nSPS) is 10.7. The molecule has 0 unspecified atom stereocenters. The first-order valence-electron chi connectivity index (χ1n) is 7.32. The summed E-state index contributed by atoms with van der Waals surface area (Å²) in [4.78, 5) is 7.63. The molecule has 0 amide bonds. The number of aliphatic hydroxyl groups is 1. The molecule has 0 saturated heterocycles.